The van der Waals surface area contributed by atoms with Gasteiger partial charge in [0.1, 0.15) is 11.6 Å². The van der Waals surface area contributed by atoms with Crippen molar-refractivity contribution in [2.45, 2.75) is 44.2 Å². The van der Waals surface area contributed by atoms with Crippen LogP contribution in [0.4, 0.5) is 11.5 Å². The Labute approximate surface area is 134 Å². The second kappa shape index (κ2) is 5.61. The van der Waals surface area contributed by atoms with Gasteiger partial charge in [-0.1, -0.05) is 18.2 Å². The Morgan fingerprint density at radius 1 is 1.17 bits per heavy atom. The van der Waals surface area contributed by atoms with Crippen molar-refractivity contribution in [3.8, 4) is 0 Å². The minimum atomic E-state index is -0.310. The first kappa shape index (κ1) is 14.1. The van der Waals surface area contributed by atoms with E-state index < -0.39 is 0 Å². The van der Waals surface area contributed by atoms with Crippen LogP contribution in [0.3, 0.4) is 0 Å². The van der Waals surface area contributed by atoms with Crippen LogP contribution < -0.4 is 4.90 Å². The van der Waals surface area contributed by atoms with Crippen LogP contribution in [-0.2, 0) is 6.54 Å². The number of aromatic nitrogens is 2. The highest BCUT2D eigenvalue weighted by Crippen LogP contribution is 2.39. The molecule has 0 unspecified atom stereocenters. The summed E-state index contributed by atoms with van der Waals surface area (Å²) in [7, 11) is 0. The van der Waals surface area contributed by atoms with Crippen molar-refractivity contribution in [3.05, 3.63) is 58.0 Å². The highest BCUT2D eigenvalue weighted by Gasteiger charge is 2.33. The molecule has 1 heterocycles. The number of nitrogens with zero attached hydrogens (tertiary/aromatic N) is 4. The van der Waals surface area contributed by atoms with Gasteiger partial charge in [-0.15, -0.1) is 0 Å². The lowest BCUT2D eigenvalue weighted by atomic mass is 10.1. The fourth-order valence-electron chi connectivity index (χ4n) is 2.85. The van der Waals surface area contributed by atoms with Crippen LogP contribution in [0.15, 0.2) is 36.5 Å². The van der Waals surface area contributed by atoms with Crippen molar-refractivity contribution in [1.29, 1.82) is 0 Å². The third-order valence-corrected chi connectivity index (χ3v) is 4.41. The predicted molar refractivity (Wildman–Crippen MR) is 86.3 cm³/mol. The predicted octanol–water partition coefficient (Wildman–Crippen LogP) is 3.43. The maximum Gasteiger partial charge on any atom is 0.274 e. The quantitative estimate of drug-likeness (QED) is 0.603. The summed E-state index contributed by atoms with van der Waals surface area (Å²) >= 11 is 0. The van der Waals surface area contributed by atoms with Gasteiger partial charge in [0.2, 0.25) is 0 Å². The molecule has 1 aromatic carbocycles. The molecule has 2 saturated carbocycles. The first-order chi connectivity index (χ1) is 11.2. The van der Waals surface area contributed by atoms with Crippen LogP contribution in [0.1, 0.15) is 43.0 Å². The summed E-state index contributed by atoms with van der Waals surface area (Å²) < 4.78 is 0. The molecule has 23 heavy (non-hydrogen) atoms. The zero-order valence-corrected chi connectivity index (χ0v) is 12.8. The van der Waals surface area contributed by atoms with Gasteiger partial charge < -0.3 is 4.90 Å². The van der Waals surface area contributed by atoms with Gasteiger partial charge in [-0.3, -0.25) is 10.1 Å². The van der Waals surface area contributed by atoms with Gasteiger partial charge in [-0.05, 0) is 31.7 Å². The van der Waals surface area contributed by atoms with Gasteiger partial charge >= 0.3 is 0 Å². The molecule has 2 aliphatic carbocycles. The van der Waals surface area contributed by atoms with Crippen molar-refractivity contribution in [2.24, 2.45) is 0 Å². The molecule has 0 atom stereocenters. The molecule has 0 N–H and O–H groups in total. The summed E-state index contributed by atoms with van der Waals surface area (Å²) in [5.74, 6) is 2.31. The molecule has 6 nitrogen and oxygen atoms in total. The van der Waals surface area contributed by atoms with Crippen LogP contribution in [0.25, 0.3) is 0 Å². The standard InChI is InChI=1S/C17H18N4O2/c22-21(23)15-4-2-1-3-13(15)11-20(14-7-8-14)16-9-10-18-17(19-16)12-5-6-12/h1-4,9-10,12,14H,5-8,11H2. The molecule has 2 aromatic rings. The molecule has 6 heteroatoms. The molecule has 0 aliphatic heterocycles. The van der Waals surface area contributed by atoms with Gasteiger partial charge in [0.05, 0.1) is 11.5 Å². The third-order valence-electron chi connectivity index (χ3n) is 4.41. The SMILES string of the molecule is O=[N+]([O-])c1ccccc1CN(c1ccnc(C2CC2)n1)C1CC1. The van der Waals surface area contributed by atoms with E-state index in [9.17, 15) is 10.1 Å². The summed E-state index contributed by atoms with van der Waals surface area (Å²) in [6.45, 7) is 0.517. The van der Waals surface area contributed by atoms with Crippen molar-refractivity contribution < 1.29 is 4.92 Å². The third kappa shape index (κ3) is 3.02. The van der Waals surface area contributed by atoms with Crippen LogP contribution in [-0.4, -0.2) is 20.9 Å². The van der Waals surface area contributed by atoms with Gasteiger partial charge in [-0.25, -0.2) is 9.97 Å². The highest BCUT2D eigenvalue weighted by atomic mass is 16.6. The number of rotatable bonds is 6. The van der Waals surface area contributed by atoms with E-state index in [1.807, 2.05) is 24.4 Å². The Morgan fingerprint density at radius 3 is 2.65 bits per heavy atom. The number of nitro groups is 1. The number of para-hydroxylation sites is 1. The molecule has 0 bridgehead atoms. The maximum atomic E-state index is 11.2. The Morgan fingerprint density at radius 2 is 1.96 bits per heavy atom. The minimum absolute atomic E-state index is 0.176. The summed E-state index contributed by atoms with van der Waals surface area (Å²) in [6, 6.07) is 9.30. The maximum absolute atomic E-state index is 11.2. The van der Waals surface area contributed by atoms with Gasteiger partial charge in [0, 0.05) is 29.8 Å². The van der Waals surface area contributed by atoms with E-state index in [0.717, 1.165) is 42.9 Å². The van der Waals surface area contributed by atoms with Gasteiger partial charge in [-0.2, -0.15) is 0 Å². The summed E-state index contributed by atoms with van der Waals surface area (Å²) in [6.07, 6.45) is 6.37. The summed E-state index contributed by atoms with van der Waals surface area (Å²) in [5.41, 5.74) is 0.908. The number of hydrogen-bond acceptors (Lipinski definition) is 5. The summed E-state index contributed by atoms with van der Waals surface area (Å²) in [5, 5.41) is 11.2. The molecule has 0 saturated heterocycles. The van der Waals surface area contributed by atoms with E-state index >= 15 is 0 Å². The minimum Gasteiger partial charge on any atom is -0.349 e. The van der Waals surface area contributed by atoms with Crippen molar-refractivity contribution in [2.75, 3.05) is 4.90 Å². The van der Waals surface area contributed by atoms with E-state index in [0.29, 0.717) is 18.5 Å². The average Bonchev–Trinajstić information content (AvgIpc) is 3.46. The van der Waals surface area contributed by atoms with Crippen LogP contribution in [0.2, 0.25) is 0 Å². The Kier molecular flexibility index (Phi) is 3.44. The van der Waals surface area contributed by atoms with E-state index in [1.165, 1.54) is 0 Å². The molecule has 2 fully saturated rings. The zero-order chi connectivity index (χ0) is 15.8. The smallest absolute Gasteiger partial charge is 0.274 e. The van der Waals surface area contributed by atoms with Crippen LogP contribution in [0.5, 0.6) is 0 Å². The molecular formula is C17H18N4O2. The number of anilines is 1. The molecule has 118 valence electrons. The molecule has 0 amide bonds. The lowest BCUT2D eigenvalue weighted by Crippen LogP contribution is -2.26. The average molecular weight is 310 g/mol. The first-order valence-electron chi connectivity index (χ1n) is 8.04. The molecule has 0 radical (unpaired) electrons. The second-order valence-corrected chi connectivity index (χ2v) is 6.29. The molecular weight excluding hydrogens is 292 g/mol. The first-order valence-corrected chi connectivity index (χ1v) is 8.04. The Balaban J connectivity index is 1.64. The highest BCUT2D eigenvalue weighted by molar-refractivity contribution is 5.47. The monoisotopic (exact) mass is 310 g/mol. The lowest BCUT2D eigenvalue weighted by molar-refractivity contribution is -0.385. The van der Waals surface area contributed by atoms with E-state index in [-0.39, 0.29) is 10.6 Å². The van der Waals surface area contributed by atoms with Crippen molar-refractivity contribution >= 4 is 11.5 Å². The lowest BCUT2D eigenvalue weighted by Gasteiger charge is -2.23. The Hall–Kier alpha value is -2.50. The van der Waals surface area contributed by atoms with Crippen LogP contribution >= 0.6 is 0 Å². The second-order valence-electron chi connectivity index (χ2n) is 6.29. The van der Waals surface area contributed by atoms with Crippen molar-refractivity contribution in [1.82, 2.24) is 9.97 Å². The van der Waals surface area contributed by atoms with Gasteiger partial charge in [0.15, 0.2) is 0 Å². The number of hydrogen-bond donors (Lipinski definition) is 0. The molecule has 1 aromatic heterocycles. The molecule has 4 rings (SSSR count). The van der Waals surface area contributed by atoms with E-state index in [1.54, 1.807) is 12.1 Å². The van der Waals surface area contributed by atoms with E-state index in [4.69, 9.17) is 4.98 Å². The summed E-state index contributed by atoms with van der Waals surface area (Å²) in [4.78, 5) is 22.2. The Bertz CT molecular complexity index is 741. The fraction of sp³-hybridized carbons (Fsp3) is 0.412. The topological polar surface area (TPSA) is 72.2 Å². The largest absolute Gasteiger partial charge is 0.349 e. The van der Waals surface area contributed by atoms with Crippen molar-refractivity contribution in [3.63, 3.8) is 0 Å². The number of benzene rings is 1. The zero-order valence-electron chi connectivity index (χ0n) is 12.8. The number of nitro benzene ring substituents is 1. The molecule has 2 aliphatic rings. The normalized spacial score (nSPS) is 17.0. The van der Waals surface area contributed by atoms with Gasteiger partial charge in [0.25, 0.3) is 5.69 Å². The molecule has 0 spiro atoms. The van der Waals surface area contributed by atoms with Crippen LogP contribution in [0, 0.1) is 10.1 Å². The van der Waals surface area contributed by atoms with E-state index in [2.05, 4.69) is 9.88 Å². The fourth-order valence-corrected chi connectivity index (χ4v) is 2.85.